The molecule has 0 unspecified atom stereocenters. The van der Waals surface area contributed by atoms with Crippen molar-refractivity contribution < 1.29 is 0 Å². The topological polar surface area (TPSA) is 0 Å². The molecule has 0 atom stereocenters. The van der Waals surface area contributed by atoms with E-state index in [0.29, 0.717) is 0 Å². The molecule has 0 radical (unpaired) electrons. The quantitative estimate of drug-likeness (QED) is 0.384. The zero-order valence-corrected chi connectivity index (χ0v) is 4.15. The van der Waals surface area contributed by atoms with E-state index in [1.165, 1.54) is 0 Å². The van der Waals surface area contributed by atoms with E-state index in [1.54, 1.807) is 0 Å². The summed E-state index contributed by atoms with van der Waals surface area (Å²) in [4.78, 5) is 0. The number of rotatable bonds is 0. The van der Waals surface area contributed by atoms with Gasteiger partial charge in [-0.15, -0.1) is 24.7 Å². The van der Waals surface area contributed by atoms with Gasteiger partial charge in [0.1, 0.15) is 0 Å². The third-order valence-electron chi connectivity index (χ3n) is 0.250. The molecule has 0 nitrogen and oxygen atoms in total. The van der Waals surface area contributed by atoms with E-state index in [1.807, 2.05) is 13.8 Å². The summed E-state index contributed by atoms with van der Waals surface area (Å²) in [6.07, 6.45) is 8.00. The van der Waals surface area contributed by atoms with Gasteiger partial charge in [0.2, 0.25) is 0 Å². The van der Waals surface area contributed by atoms with Gasteiger partial charge in [-0.1, -0.05) is 0 Å². The number of hydrogen-bond acceptors (Lipinski definition) is 0. The molecule has 0 heteroatoms. The highest BCUT2D eigenvalue weighted by molar-refractivity contribution is 4.89. The summed E-state index contributed by atoms with van der Waals surface area (Å²) >= 11 is 0. The zero-order chi connectivity index (χ0) is 5.41. The van der Waals surface area contributed by atoms with Crippen molar-refractivity contribution in [2.45, 2.75) is 13.8 Å². The number of hydrogen-bond donors (Lipinski definition) is 0. The minimum atomic E-state index is 1.82. The average Bonchev–Trinajstić information content (AvgIpc) is 1.72. The Hall–Kier alpha value is -0.880. The molecule has 0 aliphatic heterocycles. The molecule has 0 aromatic rings. The largest absolute Gasteiger partial charge is 0.124 e. The molecule has 6 heavy (non-hydrogen) atoms. The van der Waals surface area contributed by atoms with Crippen molar-refractivity contribution in [3.8, 4) is 24.7 Å². The Kier molecular flexibility index (Phi) is 47.6. The van der Waals surface area contributed by atoms with Gasteiger partial charge in [-0.25, -0.2) is 0 Å². The first-order valence-electron chi connectivity index (χ1n) is 1.58. The fourth-order valence-electron chi connectivity index (χ4n) is 0. The Morgan fingerprint density at radius 3 is 1.17 bits per heavy atom. The molecule has 0 fully saturated rings. The Morgan fingerprint density at radius 2 is 1.17 bits per heavy atom. The molecule has 0 amide bonds. The predicted molar refractivity (Wildman–Crippen MR) is 29.0 cm³/mol. The summed E-state index contributed by atoms with van der Waals surface area (Å²) in [6, 6.07) is 0. The summed E-state index contributed by atoms with van der Waals surface area (Å²) in [7, 11) is 0. The van der Waals surface area contributed by atoms with Crippen LogP contribution >= 0.6 is 0 Å². The molecule has 0 bridgehead atoms. The normalized spacial score (nSPS) is 2.67. The summed E-state index contributed by atoms with van der Waals surface area (Å²) < 4.78 is 0. The highest BCUT2D eigenvalue weighted by Crippen LogP contribution is 1.39. The maximum absolute atomic E-state index is 4.00. The van der Waals surface area contributed by atoms with E-state index in [4.69, 9.17) is 0 Å². The average molecular weight is 80.1 g/mol. The van der Waals surface area contributed by atoms with Crippen molar-refractivity contribution in [2.24, 2.45) is 0 Å². The van der Waals surface area contributed by atoms with E-state index >= 15 is 0 Å². The van der Waals surface area contributed by atoms with Crippen molar-refractivity contribution in [1.29, 1.82) is 0 Å². The molecule has 0 aromatic carbocycles. The summed E-state index contributed by atoms with van der Waals surface area (Å²) in [6.45, 7) is 3.64. The molecule has 0 heterocycles. The molecule has 0 aliphatic rings. The van der Waals surface area contributed by atoms with Crippen molar-refractivity contribution in [3.05, 3.63) is 0 Å². The Morgan fingerprint density at radius 1 is 1.00 bits per heavy atom. The SMILES string of the molecule is C#C.CC#CC. The van der Waals surface area contributed by atoms with Crippen LogP contribution in [0.3, 0.4) is 0 Å². The fourth-order valence-corrected chi connectivity index (χ4v) is 0. The first-order valence-corrected chi connectivity index (χ1v) is 1.58. The van der Waals surface area contributed by atoms with Crippen LogP contribution in [0.1, 0.15) is 13.8 Å². The summed E-state index contributed by atoms with van der Waals surface area (Å²) in [5.74, 6) is 5.36. The summed E-state index contributed by atoms with van der Waals surface area (Å²) in [5.41, 5.74) is 0. The second-order valence-corrected chi connectivity index (χ2v) is 0.500. The van der Waals surface area contributed by atoms with Gasteiger partial charge in [0.05, 0.1) is 0 Å². The van der Waals surface area contributed by atoms with E-state index in [2.05, 4.69) is 24.7 Å². The van der Waals surface area contributed by atoms with Crippen LogP contribution in [-0.4, -0.2) is 0 Å². The van der Waals surface area contributed by atoms with Crippen LogP contribution in [0, 0.1) is 24.7 Å². The van der Waals surface area contributed by atoms with Crippen LogP contribution in [-0.2, 0) is 0 Å². The van der Waals surface area contributed by atoms with Crippen molar-refractivity contribution in [1.82, 2.24) is 0 Å². The minimum Gasteiger partial charge on any atom is -0.124 e. The molecule has 0 N–H and O–H groups in total. The third kappa shape index (κ3) is 974. The molecule has 0 saturated heterocycles. The van der Waals surface area contributed by atoms with Gasteiger partial charge >= 0.3 is 0 Å². The van der Waals surface area contributed by atoms with E-state index in [0.717, 1.165) is 0 Å². The predicted octanol–water partition coefficient (Wildman–Crippen LogP) is 1.28. The van der Waals surface area contributed by atoms with E-state index < -0.39 is 0 Å². The number of terminal acetylenes is 1. The molecular formula is C6H8. The minimum absolute atomic E-state index is 1.82. The molecular weight excluding hydrogens is 72.1 g/mol. The van der Waals surface area contributed by atoms with Crippen LogP contribution in [0.15, 0.2) is 0 Å². The maximum atomic E-state index is 4.00. The second kappa shape index (κ2) is 32.0. The highest BCUT2D eigenvalue weighted by atomic mass is 13.3. The molecule has 0 saturated carbocycles. The van der Waals surface area contributed by atoms with Gasteiger partial charge in [0.15, 0.2) is 0 Å². The van der Waals surface area contributed by atoms with Gasteiger partial charge < -0.3 is 0 Å². The zero-order valence-electron chi connectivity index (χ0n) is 4.15. The first kappa shape index (κ1) is 8.93. The standard InChI is InChI=1S/C4H6.C2H2/c1-3-4-2;1-2/h1-2H3;1-2H. The maximum Gasteiger partial charge on any atom is -0.00271 e. The Bertz CT molecular complexity index is 61.0. The Labute approximate surface area is 39.6 Å². The summed E-state index contributed by atoms with van der Waals surface area (Å²) in [5, 5.41) is 0. The first-order chi connectivity index (χ1) is 2.91. The van der Waals surface area contributed by atoms with Crippen molar-refractivity contribution >= 4 is 0 Å². The van der Waals surface area contributed by atoms with Crippen molar-refractivity contribution in [2.75, 3.05) is 0 Å². The second-order valence-electron chi connectivity index (χ2n) is 0.500. The van der Waals surface area contributed by atoms with Gasteiger partial charge in [0.25, 0.3) is 0 Å². The fraction of sp³-hybridized carbons (Fsp3) is 0.333. The third-order valence-corrected chi connectivity index (χ3v) is 0.250. The van der Waals surface area contributed by atoms with Gasteiger partial charge in [-0.05, 0) is 13.8 Å². The van der Waals surface area contributed by atoms with Gasteiger partial charge in [-0.2, -0.15) is 0 Å². The van der Waals surface area contributed by atoms with Crippen LogP contribution in [0.4, 0.5) is 0 Å². The smallest absolute Gasteiger partial charge is 0.00271 e. The van der Waals surface area contributed by atoms with Gasteiger partial charge in [-0.3, -0.25) is 0 Å². The van der Waals surface area contributed by atoms with E-state index in [9.17, 15) is 0 Å². The van der Waals surface area contributed by atoms with Crippen LogP contribution in [0.2, 0.25) is 0 Å². The molecule has 0 aliphatic carbocycles. The lowest BCUT2D eigenvalue weighted by Gasteiger charge is -1.40. The lowest BCUT2D eigenvalue weighted by atomic mass is 10.7. The van der Waals surface area contributed by atoms with Crippen molar-refractivity contribution in [3.63, 3.8) is 0 Å². The van der Waals surface area contributed by atoms with Crippen LogP contribution in [0.5, 0.6) is 0 Å². The molecule has 0 rings (SSSR count). The lowest BCUT2D eigenvalue weighted by Crippen LogP contribution is -1.28. The van der Waals surface area contributed by atoms with E-state index in [-0.39, 0.29) is 0 Å². The molecule has 0 spiro atoms. The Balaban J connectivity index is 0. The molecule has 0 aromatic heterocycles. The van der Waals surface area contributed by atoms with Gasteiger partial charge in [0, 0.05) is 0 Å². The molecule has 32 valence electrons. The highest BCUT2D eigenvalue weighted by Gasteiger charge is 1.26. The lowest BCUT2D eigenvalue weighted by molar-refractivity contribution is 1.83. The van der Waals surface area contributed by atoms with Crippen LogP contribution < -0.4 is 0 Å². The van der Waals surface area contributed by atoms with Crippen LogP contribution in [0.25, 0.3) is 0 Å². The monoisotopic (exact) mass is 80.1 g/mol.